The topological polar surface area (TPSA) is 76.3 Å². The average molecular weight is 349 g/mol. The number of furan rings is 1. The van der Waals surface area contributed by atoms with Gasteiger partial charge in [-0.15, -0.1) is 0 Å². The molecule has 2 N–H and O–H groups in total. The van der Waals surface area contributed by atoms with E-state index in [9.17, 15) is 9.59 Å². The van der Waals surface area contributed by atoms with Crippen LogP contribution in [0, 0.1) is 0 Å². The van der Waals surface area contributed by atoms with E-state index in [-0.39, 0.29) is 17.9 Å². The van der Waals surface area contributed by atoms with E-state index in [0.717, 1.165) is 16.7 Å². The van der Waals surface area contributed by atoms with Gasteiger partial charge in [0, 0.05) is 36.8 Å². The minimum absolute atomic E-state index is 0.0618. The largest absolute Gasteiger partial charge is 0.472 e. The Labute approximate surface area is 150 Å². The quantitative estimate of drug-likeness (QED) is 0.744. The molecule has 0 radical (unpaired) electrons. The zero-order valence-corrected chi connectivity index (χ0v) is 14.1. The molecule has 1 atom stereocenters. The Kier molecular flexibility index (Phi) is 4.31. The highest BCUT2D eigenvalue weighted by Gasteiger charge is 2.27. The SMILES string of the molecule is O=C(CC1CNC(=O)c2cc(-c3ccccc3)cn21)NCc1ccoc1. The molecule has 1 unspecified atom stereocenters. The molecular weight excluding hydrogens is 330 g/mol. The van der Waals surface area contributed by atoms with Gasteiger partial charge in [-0.25, -0.2) is 0 Å². The van der Waals surface area contributed by atoms with Crippen molar-refractivity contribution < 1.29 is 14.0 Å². The molecule has 26 heavy (non-hydrogen) atoms. The van der Waals surface area contributed by atoms with Crippen LogP contribution < -0.4 is 10.6 Å². The van der Waals surface area contributed by atoms with Gasteiger partial charge in [0.2, 0.25) is 5.91 Å². The molecule has 2 aromatic heterocycles. The van der Waals surface area contributed by atoms with Crippen LogP contribution in [0.15, 0.2) is 65.6 Å². The second-order valence-electron chi connectivity index (χ2n) is 6.36. The molecule has 6 heteroatoms. The van der Waals surface area contributed by atoms with Crippen molar-refractivity contribution in [3.63, 3.8) is 0 Å². The summed E-state index contributed by atoms with van der Waals surface area (Å²) in [7, 11) is 0. The molecule has 1 aliphatic rings. The van der Waals surface area contributed by atoms with E-state index >= 15 is 0 Å². The van der Waals surface area contributed by atoms with Gasteiger partial charge in [0.1, 0.15) is 5.69 Å². The molecule has 132 valence electrons. The molecule has 0 saturated heterocycles. The first-order valence-corrected chi connectivity index (χ1v) is 8.54. The highest BCUT2D eigenvalue weighted by atomic mass is 16.3. The van der Waals surface area contributed by atoms with Crippen LogP contribution in [0.25, 0.3) is 11.1 Å². The van der Waals surface area contributed by atoms with Gasteiger partial charge in [-0.3, -0.25) is 9.59 Å². The fourth-order valence-corrected chi connectivity index (χ4v) is 3.20. The van der Waals surface area contributed by atoms with Crippen LogP contribution in [-0.4, -0.2) is 22.9 Å². The average Bonchev–Trinajstić information content (AvgIpc) is 3.33. The van der Waals surface area contributed by atoms with Gasteiger partial charge in [0.25, 0.3) is 5.91 Å². The van der Waals surface area contributed by atoms with Crippen LogP contribution >= 0.6 is 0 Å². The molecule has 6 nitrogen and oxygen atoms in total. The highest BCUT2D eigenvalue weighted by molar-refractivity contribution is 5.95. The molecule has 0 fully saturated rings. The molecule has 3 heterocycles. The van der Waals surface area contributed by atoms with Gasteiger partial charge in [0.15, 0.2) is 0 Å². The number of hydrogen-bond acceptors (Lipinski definition) is 3. The normalized spacial score (nSPS) is 16.0. The molecule has 3 aromatic rings. The number of amides is 2. The number of carbonyl (C=O) groups excluding carboxylic acids is 2. The number of benzene rings is 1. The summed E-state index contributed by atoms with van der Waals surface area (Å²) in [6.07, 6.45) is 5.44. The van der Waals surface area contributed by atoms with Crippen LogP contribution in [0.3, 0.4) is 0 Å². The van der Waals surface area contributed by atoms with Gasteiger partial charge in [-0.05, 0) is 17.7 Å². The van der Waals surface area contributed by atoms with Crippen molar-refractivity contribution in [2.24, 2.45) is 0 Å². The van der Waals surface area contributed by atoms with Crippen LogP contribution in [0.2, 0.25) is 0 Å². The fourth-order valence-electron chi connectivity index (χ4n) is 3.20. The number of fused-ring (bicyclic) bond motifs is 1. The number of nitrogens with zero attached hydrogens (tertiary/aromatic N) is 1. The van der Waals surface area contributed by atoms with Crippen LogP contribution in [0.1, 0.15) is 28.5 Å². The van der Waals surface area contributed by atoms with E-state index in [1.54, 1.807) is 12.5 Å². The van der Waals surface area contributed by atoms with Crippen molar-refractivity contribution in [1.82, 2.24) is 15.2 Å². The minimum atomic E-state index is -0.109. The number of aromatic nitrogens is 1. The van der Waals surface area contributed by atoms with Crippen LogP contribution in [-0.2, 0) is 11.3 Å². The smallest absolute Gasteiger partial charge is 0.268 e. The molecule has 0 bridgehead atoms. The summed E-state index contributed by atoms with van der Waals surface area (Å²) in [5.74, 6) is -0.171. The first-order valence-electron chi connectivity index (χ1n) is 8.54. The van der Waals surface area contributed by atoms with Crippen molar-refractivity contribution >= 4 is 11.8 Å². The van der Waals surface area contributed by atoms with Crippen molar-refractivity contribution in [1.29, 1.82) is 0 Å². The Bertz CT molecular complexity index is 913. The predicted octanol–water partition coefficient (Wildman–Crippen LogP) is 2.74. The summed E-state index contributed by atoms with van der Waals surface area (Å²) in [6.45, 7) is 0.871. The summed E-state index contributed by atoms with van der Waals surface area (Å²) in [4.78, 5) is 24.5. The monoisotopic (exact) mass is 349 g/mol. The summed E-state index contributed by atoms with van der Waals surface area (Å²) in [6, 6.07) is 13.5. The van der Waals surface area contributed by atoms with E-state index in [1.807, 2.05) is 53.2 Å². The lowest BCUT2D eigenvalue weighted by atomic mass is 10.1. The maximum Gasteiger partial charge on any atom is 0.268 e. The molecule has 1 aliphatic heterocycles. The van der Waals surface area contributed by atoms with Gasteiger partial charge in [-0.1, -0.05) is 30.3 Å². The zero-order chi connectivity index (χ0) is 17.9. The van der Waals surface area contributed by atoms with E-state index < -0.39 is 0 Å². The van der Waals surface area contributed by atoms with Gasteiger partial charge < -0.3 is 19.6 Å². The summed E-state index contributed by atoms with van der Waals surface area (Å²) < 4.78 is 6.91. The summed E-state index contributed by atoms with van der Waals surface area (Å²) in [5.41, 5.74) is 3.53. The number of nitrogens with one attached hydrogen (secondary N) is 2. The number of hydrogen-bond donors (Lipinski definition) is 2. The van der Waals surface area contributed by atoms with Gasteiger partial charge >= 0.3 is 0 Å². The van der Waals surface area contributed by atoms with Gasteiger partial charge in [-0.2, -0.15) is 0 Å². The van der Waals surface area contributed by atoms with E-state index in [4.69, 9.17) is 4.42 Å². The Morgan fingerprint density at radius 3 is 2.85 bits per heavy atom. The highest BCUT2D eigenvalue weighted by Crippen LogP contribution is 2.27. The lowest BCUT2D eigenvalue weighted by molar-refractivity contribution is -0.122. The lowest BCUT2D eigenvalue weighted by Crippen LogP contribution is -2.40. The molecule has 0 spiro atoms. The Hall–Kier alpha value is -3.28. The van der Waals surface area contributed by atoms with Crippen molar-refractivity contribution in [3.8, 4) is 11.1 Å². The second kappa shape index (κ2) is 6.92. The Balaban J connectivity index is 1.50. The standard InChI is InChI=1S/C20H19N3O3/c24-19(21-10-14-6-7-26-13-14)9-17-11-22-20(25)18-8-16(12-23(17)18)15-4-2-1-3-5-15/h1-8,12-13,17H,9-11H2,(H,21,24)(H,22,25). The first kappa shape index (κ1) is 16.2. The van der Waals surface area contributed by atoms with Crippen LogP contribution in [0.4, 0.5) is 0 Å². The Morgan fingerprint density at radius 2 is 2.08 bits per heavy atom. The van der Waals surface area contributed by atoms with Crippen molar-refractivity contribution in [2.75, 3.05) is 6.54 Å². The molecule has 0 saturated carbocycles. The third kappa shape index (κ3) is 3.26. The number of carbonyl (C=O) groups is 2. The van der Waals surface area contributed by atoms with Gasteiger partial charge in [0.05, 0.1) is 18.6 Å². The Morgan fingerprint density at radius 1 is 1.23 bits per heavy atom. The third-order valence-corrected chi connectivity index (χ3v) is 4.57. The predicted molar refractivity (Wildman–Crippen MR) is 96.4 cm³/mol. The number of rotatable bonds is 5. The molecule has 0 aliphatic carbocycles. The molecule has 1 aromatic carbocycles. The molecule has 2 amide bonds. The summed E-state index contributed by atoms with van der Waals surface area (Å²) >= 11 is 0. The first-order chi connectivity index (χ1) is 12.7. The molecule has 4 rings (SSSR count). The lowest BCUT2D eigenvalue weighted by Gasteiger charge is -2.26. The van der Waals surface area contributed by atoms with Crippen LogP contribution in [0.5, 0.6) is 0 Å². The van der Waals surface area contributed by atoms with E-state index in [0.29, 0.717) is 25.2 Å². The van der Waals surface area contributed by atoms with Crippen molar-refractivity contribution in [3.05, 3.63) is 72.4 Å². The molecular formula is C20H19N3O3. The van der Waals surface area contributed by atoms with Crippen molar-refractivity contribution in [2.45, 2.75) is 19.0 Å². The second-order valence-corrected chi connectivity index (χ2v) is 6.36. The van der Waals surface area contributed by atoms with E-state index in [1.165, 1.54) is 0 Å². The van der Waals surface area contributed by atoms with E-state index in [2.05, 4.69) is 10.6 Å². The zero-order valence-electron chi connectivity index (χ0n) is 14.1. The minimum Gasteiger partial charge on any atom is -0.472 e. The maximum absolute atomic E-state index is 12.3. The maximum atomic E-state index is 12.3. The fraction of sp³-hybridized carbons (Fsp3) is 0.200. The summed E-state index contributed by atoms with van der Waals surface area (Å²) in [5, 5.41) is 5.76. The third-order valence-electron chi connectivity index (χ3n) is 4.57.